The van der Waals surface area contributed by atoms with Gasteiger partial charge >= 0.3 is 0 Å². The Kier molecular flexibility index (Phi) is 5.04. The van der Waals surface area contributed by atoms with Crippen molar-refractivity contribution in [2.75, 3.05) is 20.1 Å². The number of nitrogens with one attached hydrogen (secondary N) is 1. The molecule has 0 bridgehead atoms. The number of rotatable bonds is 4. The molecule has 0 saturated carbocycles. The maximum atomic E-state index is 12.1. The van der Waals surface area contributed by atoms with Crippen molar-refractivity contribution >= 4 is 5.91 Å². The van der Waals surface area contributed by atoms with E-state index in [-0.39, 0.29) is 11.3 Å². The van der Waals surface area contributed by atoms with Crippen LogP contribution in [0.3, 0.4) is 0 Å². The van der Waals surface area contributed by atoms with Crippen LogP contribution < -0.4 is 5.32 Å². The van der Waals surface area contributed by atoms with E-state index in [2.05, 4.69) is 38.0 Å². The molecule has 1 N–H and O–H groups in total. The Morgan fingerprint density at radius 2 is 2.00 bits per heavy atom. The molecule has 0 spiro atoms. The molecule has 3 heteroatoms. The number of hydrogen-bond donors (Lipinski definition) is 1. The maximum absolute atomic E-state index is 12.1. The van der Waals surface area contributed by atoms with Crippen LogP contribution in [0.5, 0.6) is 0 Å². The van der Waals surface area contributed by atoms with Crippen molar-refractivity contribution in [2.45, 2.75) is 39.7 Å². The second-order valence-corrected chi connectivity index (χ2v) is 6.72. The Hall–Kier alpha value is -1.35. The van der Waals surface area contributed by atoms with Gasteiger partial charge in [-0.15, -0.1) is 0 Å². The van der Waals surface area contributed by atoms with Crippen LogP contribution in [0.2, 0.25) is 0 Å². The molecule has 0 aromatic heterocycles. The average molecular weight is 288 g/mol. The molecule has 0 aliphatic carbocycles. The van der Waals surface area contributed by atoms with Gasteiger partial charge in [-0.2, -0.15) is 0 Å². The molecule has 2 rings (SSSR count). The van der Waals surface area contributed by atoms with Crippen LogP contribution in [0.1, 0.15) is 44.0 Å². The number of likely N-dealkylation sites (tertiary alicyclic amines) is 1. The Morgan fingerprint density at radius 1 is 1.33 bits per heavy atom. The molecule has 1 aliphatic rings. The molecule has 3 atom stereocenters. The van der Waals surface area contributed by atoms with Crippen LogP contribution in [-0.4, -0.2) is 37.0 Å². The summed E-state index contributed by atoms with van der Waals surface area (Å²) in [4.78, 5) is 14.5. The lowest BCUT2D eigenvalue weighted by atomic mass is 9.66. The molecule has 21 heavy (non-hydrogen) atoms. The molecular formula is C18H28N2O. The molecule has 1 fully saturated rings. The van der Waals surface area contributed by atoms with E-state index < -0.39 is 0 Å². The first-order valence-corrected chi connectivity index (χ1v) is 7.98. The summed E-state index contributed by atoms with van der Waals surface area (Å²) in [6.07, 6.45) is 2.27. The predicted octanol–water partition coefficient (Wildman–Crippen LogP) is 3.17. The van der Waals surface area contributed by atoms with Gasteiger partial charge in [0.2, 0.25) is 0 Å². The van der Waals surface area contributed by atoms with Crippen LogP contribution in [-0.2, 0) is 0 Å². The minimum absolute atomic E-state index is 0.0312. The standard InChI is InChI=1S/C18H28N2O/c1-14-10-13-20(4)15(2)18(14,3)11-12-19-17(21)16-8-6-5-7-9-16/h5-9,14-15H,10-13H2,1-4H3,(H,19,21). The van der Waals surface area contributed by atoms with Crippen molar-refractivity contribution in [2.24, 2.45) is 11.3 Å². The van der Waals surface area contributed by atoms with E-state index in [9.17, 15) is 4.79 Å². The third-order valence-electron chi connectivity index (χ3n) is 5.64. The lowest BCUT2D eigenvalue weighted by Gasteiger charge is -2.50. The lowest BCUT2D eigenvalue weighted by Crippen LogP contribution is -2.52. The van der Waals surface area contributed by atoms with E-state index >= 15 is 0 Å². The summed E-state index contributed by atoms with van der Waals surface area (Å²) in [5.41, 5.74) is 1.00. The highest BCUT2D eigenvalue weighted by atomic mass is 16.1. The van der Waals surface area contributed by atoms with Crippen molar-refractivity contribution in [3.8, 4) is 0 Å². The monoisotopic (exact) mass is 288 g/mol. The molecule has 1 aromatic carbocycles. The first-order valence-electron chi connectivity index (χ1n) is 7.98. The molecule has 116 valence electrons. The molecule has 1 aromatic rings. The summed E-state index contributed by atoms with van der Waals surface area (Å²) in [5, 5.41) is 3.07. The summed E-state index contributed by atoms with van der Waals surface area (Å²) < 4.78 is 0. The summed E-state index contributed by atoms with van der Waals surface area (Å²) in [7, 11) is 2.21. The smallest absolute Gasteiger partial charge is 0.251 e. The third kappa shape index (κ3) is 3.46. The van der Waals surface area contributed by atoms with E-state index in [0.29, 0.717) is 12.0 Å². The number of carbonyl (C=O) groups is 1. The Bertz CT molecular complexity index is 473. The van der Waals surface area contributed by atoms with Crippen LogP contribution in [0, 0.1) is 11.3 Å². The van der Waals surface area contributed by atoms with Crippen molar-refractivity contribution in [3.05, 3.63) is 35.9 Å². The highest BCUT2D eigenvalue weighted by Crippen LogP contribution is 2.42. The molecule has 3 unspecified atom stereocenters. The van der Waals surface area contributed by atoms with Gasteiger partial charge in [0.25, 0.3) is 5.91 Å². The topological polar surface area (TPSA) is 32.3 Å². The van der Waals surface area contributed by atoms with Gasteiger partial charge in [0.1, 0.15) is 0 Å². The minimum atomic E-state index is 0.0312. The molecule has 3 nitrogen and oxygen atoms in total. The van der Waals surface area contributed by atoms with Gasteiger partial charge in [-0.25, -0.2) is 0 Å². The van der Waals surface area contributed by atoms with E-state index in [0.717, 1.165) is 18.5 Å². The third-order valence-corrected chi connectivity index (χ3v) is 5.64. The zero-order chi connectivity index (χ0) is 15.5. The molecule has 1 amide bonds. The van der Waals surface area contributed by atoms with E-state index in [1.54, 1.807) is 0 Å². The number of hydrogen-bond acceptors (Lipinski definition) is 2. The summed E-state index contributed by atoms with van der Waals surface area (Å²) in [6, 6.07) is 9.99. The molecular weight excluding hydrogens is 260 g/mol. The fraction of sp³-hybridized carbons (Fsp3) is 0.611. The van der Waals surface area contributed by atoms with Gasteiger partial charge in [-0.05, 0) is 56.8 Å². The quantitative estimate of drug-likeness (QED) is 0.923. The van der Waals surface area contributed by atoms with Crippen LogP contribution in [0.15, 0.2) is 30.3 Å². The van der Waals surface area contributed by atoms with Gasteiger partial charge < -0.3 is 10.2 Å². The highest BCUT2D eigenvalue weighted by Gasteiger charge is 2.41. The highest BCUT2D eigenvalue weighted by molar-refractivity contribution is 5.94. The fourth-order valence-corrected chi connectivity index (χ4v) is 3.43. The van der Waals surface area contributed by atoms with Crippen LogP contribution in [0.4, 0.5) is 0 Å². The zero-order valence-corrected chi connectivity index (χ0v) is 13.7. The first-order chi connectivity index (χ1) is 9.95. The lowest BCUT2D eigenvalue weighted by molar-refractivity contribution is 0.00114. The Labute approximate surface area is 128 Å². The van der Waals surface area contributed by atoms with Crippen LogP contribution >= 0.6 is 0 Å². The zero-order valence-electron chi connectivity index (χ0n) is 13.7. The number of amides is 1. The number of piperidine rings is 1. The van der Waals surface area contributed by atoms with E-state index in [1.165, 1.54) is 13.0 Å². The molecule has 1 aliphatic heterocycles. The van der Waals surface area contributed by atoms with E-state index in [1.807, 2.05) is 30.3 Å². The number of nitrogens with zero attached hydrogens (tertiary/aromatic N) is 1. The first kappa shape index (κ1) is 16.0. The summed E-state index contributed by atoms with van der Waals surface area (Å²) in [5.74, 6) is 0.723. The second kappa shape index (κ2) is 6.61. The average Bonchev–Trinajstić information content (AvgIpc) is 2.50. The number of benzene rings is 1. The molecule has 0 radical (unpaired) electrons. The second-order valence-electron chi connectivity index (χ2n) is 6.72. The molecule has 1 saturated heterocycles. The largest absolute Gasteiger partial charge is 0.352 e. The predicted molar refractivity (Wildman–Crippen MR) is 87.4 cm³/mol. The van der Waals surface area contributed by atoms with Gasteiger partial charge in [0.05, 0.1) is 0 Å². The Morgan fingerprint density at radius 3 is 2.67 bits per heavy atom. The summed E-state index contributed by atoms with van der Waals surface area (Å²) >= 11 is 0. The molecule has 1 heterocycles. The van der Waals surface area contributed by atoms with Gasteiger partial charge in [0, 0.05) is 18.2 Å². The van der Waals surface area contributed by atoms with Gasteiger partial charge in [-0.1, -0.05) is 32.0 Å². The van der Waals surface area contributed by atoms with Crippen molar-refractivity contribution < 1.29 is 4.79 Å². The minimum Gasteiger partial charge on any atom is -0.352 e. The SMILES string of the molecule is CC1CCN(C)C(C)C1(C)CCNC(=O)c1ccccc1. The number of carbonyl (C=O) groups excluding carboxylic acids is 1. The fourth-order valence-electron chi connectivity index (χ4n) is 3.43. The van der Waals surface area contributed by atoms with Crippen LogP contribution in [0.25, 0.3) is 0 Å². The normalized spacial score (nSPS) is 30.1. The van der Waals surface area contributed by atoms with Gasteiger partial charge in [-0.3, -0.25) is 4.79 Å². The van der Waals surface area contributed by atoms with Gasteiger partial charge in [0.15, 0.2) is 0 Å². The van der Waals surface area contributed by atoms with Crippen molar-refractivity contribution in [3.63, 3.8) is 0 Å². The maximum Gasteiger partial charge on any atom is 0.251 e. The van der Waals surface area contributed by atoms with E-state index in [4.69, 9.17) is 0 Å². The van der Waals surface area contributed by atoms with Crippen molar-refractivity contribution in [1.82, 2.24) is 10.2 Å². The van der Waals surface area contributed by atoms with Crippen molar-refractivity contribution in [1.29, 1.82) is 0 Å². The summed E-state index contributed by atoms with van der Waals surface area (Å²) in [6.45, 7) is 8.95. The Balaban J connectivity index is 1.91.